The fourth-order valence-corrected chi connectivity index (χ4v) is 2.66. The lowest BCUT2D eigenvalue weighted by molar-refractivity contribution is -0.125. The number of ketones is 1. The molecule has 3 aliphatic rings. The molecule has 0 spiro atoms. The first-order chi connectivity index (χ1) is 8.24. The molecule has 3 saturated heterocycles. The van der Waals surface area contributed by atoms with Crippen molar-refractivity contribution in [2.24, 2.45) is 5.92 Å². The second kappa shape index (κ2) is 3.91. The van der Waals surface area contributed by atoms with E-state index in [1.165, 1.54) is 0 Å². The van der Waals surface area contributed by atoms with Gasteiger partial charge in [-0.15, -0.1) is 0 Å². The van der Waals surface area contributed by atoms with Crippen molar-refractivity contribution in [2.45, 2.75) is 12.8 Å². The van der Waals surface area contributed by atoms with Crippen LogP contribution in [-0.2, 0) is 4.79 Å². The summed E-state index contributed by atoms with van der Waals surface area (Å²) in [6.07, 6.45) is 4.04. The van der Waals surface area contributed by atoms with E-state index in [2.05, 4.69) is 4.90 Å². The molecule has 3 nitrogen and oxygen atoms in total. The molecule has 0 radical (unpaired) electrons. The van der Waals surface area contributed by atoms with Gasteiger partial charge >= 0.3 is 0 Å². The molecular formula is C14H16N2O. The maximum absolute atomic E-state index is 12.1. The number of hydrogen-bond acceptors (Lipinski definition) is 3. The van der Waals surface area contributed by atoms with Crippen LogP contribution in [0.15, 0.2) is 30.0 Å². The first-order valence-corrected chi connectivity index (χ1v) is 6.10. The van der Waals surface area contributed by atoms with E-state index in [4.69, 9.17) is 5.73 Å². The number of hydrogen-bond donors (Lipinski definition) is 1. The molecule has 3 aliphatic heterocycles. The Morgan fingerprint density at radius 1 is 1.18 bits per heavy atom. The number of Topliss-reactive ketones (excluding diaryl/α,β-unsaturated/α-hetero) is 1. The zero-order valence-electron chi connectivity index (χ0n) is 9.73. The van der Waals surface area contributed by atoms with E-state index in [1.54, 1.807) is 0 Å². The Morgan fingerprint density at radius 2 is 1.82 bits per heavy atom. The summed E-state index contributed by atoms with van der Waals surface area (Å²) in [6, 6.07) is 7.65. The summed E-state index contributed by atoms with van der Waals surface area (Å²) in [7, 11) is 0. The van der Waals surface area contributed by atoms with Crippen LogP contribution in [0.1, 0.15) is 18.4 Å². The van der Waals surface area contributed by atoms with Crippen molar-refractivity contribution in [2.75, 3.05) is 18.8 Å². The molecule has 3 heterocycles. The first-order valence-electron chi connectivity index (χ1n) is 6.10. The normalized spacial score (nSPS) is 22.5. The van der Waals surface area contributed by atoms with E-state index in [9.17, 15) is 4.79 Å². The lowest BCUT2D eigenvalue weighted by Crippen LogP contribution is -2.45. The number of benzene rings is 1. The van der Waals surface area contributed by atoms with Gasteiger partial charge in [0.15, 0.2) is 5.78 Å². The average Bonchev–Trinajstić information content (AvgIpc) is 2.37. The Bertz CT molecular complexity index is 468. The average molecular weight is 228 g/mol. The van der Waals surface area contributed by atoms with Crippen molar-refractivity contribution in [1.82, 2.24) is 4.90 Å². The molecule has 0 atom stereocenters. The molecule has 17 heavy (non-hydrogen) atoms. The zero-order valence-corrected chi connectivity index (χ0v) is 9.73. The summed E-state index contributed by atoms with van der Waals surface area (Å²) < 4.78 is 0. The molecular weight excluding hydrogens is 212 g/mol. The molecule has 3 heteroatoms. The number of carbonyl (C=O) groups excluding carboxylic acids is 1. The van der Waals surface area contributed by atoms with E-state index < -0.39 is 0 Å². The van der Waals surface area contributed by atoms with Gasteiger partial charge in [0.2, 0.25) is 0 Å². The highest BCUT2D eigenvalue weighted by Crippen LogP contribution is 2.32. The summed E-state index contributed by atoms with van der Waals surface area (Å²) in [5, 5.41) is 0. The second-order valence-electron chi connectivity index (χ2n) is 4.82. The Hall–Kier alpha value is -1.77. The zero-order chi connectivity index (χ0) is 11.8. The molecule has 0 aromatic heterocycles. The smallest absolute Gasteiger partial charge is 0.182 e. The van der Waals surface area contributed by atoms with Crippen LogP contribution >= 0.6 is 0 Å². The summed E-state index contributed by atoms with van der Waals surface area (Å²) in [5.41, 5.74) is 8.34. The predicted molar refractivity (Wildman–Crippen MR) is 68.1 cm³/mol. The minimum absolute atomic E-state index is 0.264. The van der Waals surface area contributed by atoms with Gasteiger partial charge in [-0.2, -0.15) is 0 Å². The number of nitrogens with zero attached hydrogens (tertiary/aromatic N) is 1. The molecule has 0 aliphatic carbocycles. The maximum Gasteiger partial charge on any atom is 0.182 e. The van der Waals surface area contributed by atoms with Crippen molar-refractivity contribution in [3.63, 3.8) is 0 Å². The predicted octanol–water partition coefficient (Wildman–Crippen LogP) is 1.90. The number of carbonyl (C=O) groups is 1. The fourth-order valence-electron chi connectivity index (χ4n) is 2.66. The second-order valence-corrected chi connectivity index (χ2v) is 4.82. The van der Waals surface area contributed by atoms with E-state index >= 15 is 0 Å². The Balaban J connectivity index is 1.93. The molecule has 2 bridgehead atoms. The van der Waals surface area contributed by atoms with Crippen molar-refractivity contribution in [3.05, 3.63) is 35.5 Å². The van der Waals surface area contributed by atoms with Gasteiger partial charge in [-0.3, -0.25) is 4.79 Å². The summed E-state index contributed by atoms with van der Waals surface area (Å²) in [6.45, 7) is 2.05. The standard InChI is InChI=1S/C14H16N2O/c15-12-3-1-10(2-4-12)9-13-14(17)11-5-7-16(13)8-6-11/h1-4,9,11H,5-8,15H2. The molecule has 1 aromatic rings. The fraction of sp³-hybridized carbons (Fsp3) is 0.357. The number of nitrogen functional groups attached to an aromatic ring is 1. The maximum atomic E-state index is 12.1. The lowest BCUT2D eigenvalue weighted by Gasteiger charge is -2.41. The van der Waals surface area contributed by atoms with Gasteiger partial charge in [-0.25, -0.2) is 0 Å². The van der Waals surface area contributed by atoms with Gasteiger partial charge < -0.3 is 10.6 Å². The van der Waals surface area contributed by atoms with Gasteiger partial charge in [0.25, 0.3) is 0 Å². The van der Waals surface area contributed by atoms with Crippen LogP contribution in [0, 0.1) is 5.92 Å². The van der Waals surface area contributed by atoms with Crippen LogP contribution in [0.5, 0.6) is 0 Å². The summed E-state index contributed by atoms with van der Waals surface area (Å²) >= 11 is 0. The number of fused-ring (bicyclic) bond motifs is 3. The van der Waals surface area contributed by atoms with Crippen LogP contribution in [0.2, 0.25) is 0 Å². The molecule has 0 amide bonds. The third kappa shape index (κ3) is 1.82. The van der Waals surface area contributed by atoms with E-state index in [0.717, 1.165) is 42.9 Å². The highest BCUT2D eigenvalue weighted by atomic mass is 16.1. The van der Waals surface area contributed by atoms with E-state index in [1.807, 2.05) is 30.3 Å². The van der Waals surface area contributed by atoms with Gasteiger partial charge in [-0.05, 0) is 36.6 Å². The van der Waals surface area contributed by atoms with E-state index in [0.29, 0.717) is 5.78 Å². The van der Waals surface area contributed by atoms with Crippen molar-refractivity contribution in [1.29, 1.82) is 0 Å². The third-order valence-electron chi connectivity index (χ3n) is 3.70. The summed E-state index contributed by atoms with van der Waals surface area (Å²) in [5.74, 6) is 0.583. The van der Waals surface area contributed by atoms with Gasteiger partial charge in [0.05, 0.1) is 5.70 Å². The number of anilines is 1. The number of rotatable bonds is 1. The third-order valence-corrected chi connectivity index (χ3v) is 3.70. The van der Waals surface area contributed by atoms with Crippen LogP contribution in [0.4, 0.5) is 5.69 Å². The Labute approximate surface area is 101 Å². The number of piperidine rings is 3. The molecule has 4 rings (SSSR count). The van der Waals surface area contributed by atoms with E-state index in [-0.39, 0.29) is 5.92 Å². The van der Waals surface area contributed by atoms with Crippen LogP contribution in [-0.4, -0.2) is 23.8 Å². The Kier molecular flexibility index (Phi) is 2.39. The van der Waals surface area contributed by atoms with Crippen molar-refractivity contribution < 1.29 is 4.79 Å². The molecule has 0 unspecified atom stereocenters. The highest BCUT2D eigenvalue weighted by Gasteiger charge is 2.36. The first kappa shape index (κ1) is 10.4. The monoisotopic (exact) mass is 228 g/mol. The van der Waals surface area contributed by atoms with Crippen LogP contribution in [0.3, 0.4) is 0 Å². The topological polar surface area (TPSA) is 46.3 Å². The Morgan fingerprint density at radius 3 is 2.41 bits per heavy atom. The number of nitrogens with two attached hydrogens (primary N) is 1. The minimum Gasteiger partial charge on any atom is -0.399 e. The van der Waals surface area contributed by atoms with Crippen LogP contribution in [0.25, 0.3) is 6.08 Å². The molecule has 1 aromatic carbocycles. The quantitative estimate of drug-likeness (QED) is 0.590. The minimum atomic E-state index is 0.264. The molecule has 3 fully saturated rings. The highest BCUT2D eigenvalue weighted by molar-refractivity contribution is 6.01. The van der Waals surface area contributed by atoms with Gasteiger partial charge in [-0.1, -0.05) is 12.1 Å². The molecule has 88 valence electrons. The van der Waals surface area contributed by atoms with Gasteiger partial charge in [0, 0.05) is 24.7 Å². The van der Waals surface area contributed by atoms with Gasteiger partial charge in [0.1, 0.15) is 0 Å². The van der Waals surface area contributed by atoms with Crippen molar-refractivity contribution >= 4 is 17.5 Å². The molecule has 0 saturated carbocycles. The number of allylic oxidation sites excluding steroid dienone is 1. The molecule has 2 N–H and O–H groups in total. The van der Waals surface area contributed by atoms with Crippen LogP contribution < -0.4 is 5.73 Å². The lowest BCUT2D eigenvalue weighted by atomic mass is 9.84. The summed E-state index contributed by atoms with van der Waals surface area (Å²) in [4.78, 5) is 14.3. The van der Waals surface area contributed by atoms with Crippen molar-refractivity contribution in [3.8, 4) is 0 Å². The SMILES string of the molecule is Nc1ccc(C=C2C(=O)C3CCN2CC3)cc1. The largest absolute Gasteiger partial charge is 0.399 e.